The molecule has 0 radical (unpaired) electrons. The van der Waals surface area contributed by atoms with Crippen LogP contribution in [0.4, 0.5) is 4.39 Å². The molecule has 98 valence electrons. The van der Waals surface area contributed by atoms with Crippen molar-refractivity contribution in [1.29, 1.82) is 5.26 Å². The third-order valence-corrected chi connectivity index (χ3v) is 4.13. The van der Waals surface area contributed by atoms with E-state index in [1.165, 1.54) is 12.1 Å². The van der Waals surface area contributed by atoms with Crippen LogP contribution in [0.1, 0.15) is 44.9 Å². The number of hydrogen-bond acceptors (Lipinski definition) is 2. The number of nitriles is 1. The zero-order valence-electron chi connectivity index (χ0n) is 11.0. The molecule has 1 N–H and O–H groups in total. The van der Waals surface area contributed by atoms with Gasteiger partial charge in [-0.15, -0.1) is 0 Å². The van der Waals surface area contributed by atoms with Crippen LogP contribution in [0.5, 0.6) is 0 Å². The molecular weight excluding hydrogens is 251 g/mol. The van der Waals surface area contributed by atoms with Gasteiger partial charge in [-0.2, -0.15) is 5.26 Å². The summed E-state index contributed by atoms with van der Waals surface area (Å²) >= 11 is 0. The highest BCUT2D eigenvalue weighted by Gasteiger charge is 2.21. The molecular formula is C13H17FN2OS. The van der Waals surface area contributed by atoms with Gasteiger partial charge in [0.2, 0.25) is 0 Å². The Labute approximate surface area is 110 Å². The number of benzene rings is 1. The van der Waals surface area contributed by atoms with Crippen LogP contribution in [0.3, 0.4) is 0 Å². The van der Waals surface area contributed by atoms with Crippen molar-refractivity contribution in [3.05, 3.63) is 35.1 Å². The van der Waals surface area contributed by atoms with Gasteiger partial charge in [-0.25, -0.2) is 13.3 Å². The van der Waals surface area contributed by atoms with Gasteiger partial charge < -0.3 is 0 Å². The fraction of sp³-hybridized carbons (Fsp3) is 0.462. The number of halogens is 1. The molecule has 1 rings (SSSR count). The maximum Gasteiger partial charge on any atom is 0.141 e. The lowest BCUT2D eigenvalue weighted by atomic mass is 10.1. The zero-order valence-corrected chi connectivity index (χ0v) is 11.8. The van der Waals surface area contributed by atoms with E-state index < -0.39 is 16.8 Å². The number of rotatable bonds is 3. The van der Waals surface area contributed by atoms with Crippen molar-refractivity contribution < 1.29 is 8.60 Å². The highest BCUT2D eigenvalue weighted by Crippen LogP contribution is 2.19. The standard InChI is InChI=1S/C13H17FN2OS/c1-9(16-18(17)13(2,3)4)10-5-6-11(8-15)12(14)7-10/h5-7,9,16H,1-4H3/t9-,18-/m0/s1. The summed E-state index contributed by atoms with van der Waals surface area (Å²) in [7, 11) is -1.22. The third kappa shape index (κ3) is 3.62. The highest BCUT2D eigenvalue weighted by molar-refractivity contribution is 7.84. The molecule has 0 aromatic heterocycles. The van der Waals surface area contributed by atoms with Crippen LogP contribution in [-0.2, 0) is 11.0 Å². The quantitative estimate of drug-likeness (QED) is 0.916. The van der Waals surface area contributed by atoms with Crippen LogP contribution in [0.2, 0.25) is 0 Å². The second-order valence-corrected chi connectivity index (χ2v) is 7.07. The van der Waals surface area contributed by atoms with E-state index in [2.05, 4.69) is 4.72 Å². The van der Waals surface area contributed by atoms with Crippen LogP contribution in [0.25, 0.3) is 0 Å². The second-order valence-electron chi connectivity index (χ2n) is 5.07. The molecule has 0 bridgehead atoms. The van der Waals surface area contributed by atoms with Crippen LogP contribution in [0.15, 0.2) is 18.2 Å². The van der Waals surface area contributed by atoms with Gasteiger partial charge in [0.05, 0.1) is 21.3 Å². The Morgan fingerprint density at radius 3 is 2.50 bits per heavy atom. The van der Waals surface area contributed by atoms with E-state index in [0.29, 0.717) is 5.56 Å². The summed E-state index contributed by atoms with van der Waals surface area (Å²) in [5.41, 5.74) is 0.687. The predicted molar refractivity (Wildman–Crippen MR) is 70.6 cm³/mol. The first-order valence-electron chi connectivity index (χ1n) is 5.63. The Bertz CT molecular complexity index is 503. The normalized spacial score (nSPS) is 14.9. The van der Waals surface area contributed by atoms with Crippen molar-refractivity contribution in [2.45, 2.75) is 38.5 Å². The first kappa shape index (κ1) is 14.8. The van der Waals surface area contributed by atoms with Crippen molar-refractivity contribution in [3.63, 3.8) is 0 Å². The van der Waals surface area contributed by atoms with Crippen LogP contribution < -0.4 is 4.72 Å². The molecule has 0 aliphatic rings. The van der Waals surface area contributed by atoms with Crippen LogP contribution >= 0.6 is 0 Å². The third-order valence-electron chi connectivity index (χ3n) is 2.45. The summed E-state index contributed by atoms with van der Waals surface area (Å²) in [5, 5.41) is 8.65. The maximum absolute atomic E-state index is 13.5. The topological polar surface area (TPSA) is 52.9 Å². The first-order chi connectivity index (χ1) is 8.25. The van der Waals surface area contributed by atoms with Gasteiger partial charge in [0.25, 0.3) is 0 Å². The van der Waals surface area contributed by atoms with Gasteiger partial charge in [-0.3, -0.25) is 0 Å². The van der Waals surface area contributed by atoms with Gasteiger partial charge in [0, 0.05) is 6.04 Å². The van der Waals surface area contributed by atoms with E-state index >= 15 is 0 Å². The molecule has 0 unspecified atom stereocenters. The largest absolute Gasteiger partial charge is 0.242 e. The van der Waals surface area contributed by atoms with Gasteiger partial charge in [0.15, 0.2) is 0 Å². The number of nitrogens with one attached hydrogen (secondary N) is 1. The number of hydrogen-bond donors (Lipinski definition) is 1. The molecule has 0 saturated heterocycles. The molecule has 0 fully saturated rings. The fourth-order valence-corrected chi connectivity index (χ4v) is 2.11. The Hall–Kier alpha value is -1.25. The molecule has 2 atom stereocenters. The molecule has 0 spiro atoms. The van der Waals surface area contributed by atoms with Gasteiger partial charge >= 0.3 is 0 Å². The highest BCUT2D eigenvalue weighted by atomic mass is 32.2. The molecule has 0 amide bonds. The Kier molecular flexibility index (Phi) is 4.60. The summed E-state index contributed by atoms with van der Waals surface area (Å²) in [4.78, 5) is 0. The molecule has 18 heavy (non-hydrogen) atoms. The van der Waals surface area contributed by atoms with E-state index in [0.717, 1.165) is 0 Å². The van der Waals surface area contributed by atoms with Crippen molar-refractivity contribution in [2.75, 3.05) is 0 Å². The van der Waals surface area contributed by atoms with E-state index in [1.54, 1.807) is 12.1 Å². The van der Waals surface area contributed by atoms with Crippen molar-refractivity contribution >= 4 is 11.0 Å². The van der Waals surface area contributed by atoms with Gasteiger partial charge in [-0.05, 0) is 45.4 Å². The lowest BCUT2D eigenvalue weighted by Gasteiger charge is -2.22. The SMILES string of the molecule is C[C@H](N[S@@](=O)C(C)(C)C)c1ccc(C#N)c(F)c1. The summed E-state index contributed by atoms with van der Waals surface area (Å²) in [6.07, 6.45) is 0. The van der Waals surface area contributed by atoms with E-state index in [1.807, 2.05) is 27.7 Å². The minimum Gasteiger partial charge on any atom is -0.242 e. The van der Waals surface area contributed by atoms with Crippen LogP contribution in [0, 0.1) is 17.1 Å². The predicted octanol–water partition coefficient (Wildman–Crippen LogP) is 2.81. The van der Waals surface area contributed by atoms with Crippen molar-refractivity contribution in [2.24, 2.45) is 0 Å². The lowest BCUT2D eigenvalue weighted by molar-refractivity contribution is 0.603. The van der Waals surface area contributed by atoms with Crippen molar-refractivity contribution in [1.82, 2.24) is 4.72 Å². The molecule has 1 aromatic carbocycles. The minimum atomic E-state index is -1.22. The Morgan fingerprint density at radius 2 is 2.06 bits per heavy atom. The summed E-state index contributed by atoms with van der Waals surface area (Å²) in [6, 6.07) is 5.93. The average Bonchev–Trinajstić information content (AvgIpc) is 2.27. The molecule has 1 aromatic rings. The van der Waals surface area contributed by atoms with E-state index in [4.69, 9.17) is 5.26 Å². The van der Waals surface area contributed by atoms with Gasteiger partial charge in [0.1, 0.15) is 11.9 Å². The second kappa shape index (κ2) is 5.59. The zero-order chi connectivity index (χ0) is 13.9. The summed E-state index contributed by atoms with van der Waals surface area (Å²) in [5.74, 6) is -0.551. The smallest absolute Gasteiger partial charge is 0.141 e. The average molecular weight is 268 g/mol. The molecule has 3 nitrogen and oxygen atoms in total. The fourth-order valence-electron chi connectivity index (χ4n) is 1.30. The lowest BCUT2D eigenvalue weighted by Crippen LogP contribution is -2.34. The monoisotopic (exact) mass is 268 g/mol. The van der Waals surface area contributed by atoms with E-state index in [9.17, 15) is 8.60 Å². The first-order valence-corrected chi connectivity index (χ1v) is 6.78. The maximum atomic E-state index is 13.5. The van der Waals surface area contributed by atoms with E-state index in [-0.39, 0.29) is 16.4 Å². The number of nitrogens with zero attached hydrogens (tertiary/aromatic N) is 1. The van der Waals surface area contributed by atoms with Crippen molar-refractivity contribution in [3.8, 4) is 6.07 Å². The van der Waals surface area contributed by atoms with Crippen LogP contribution in [-0.4, -0.2) is 8.96 Å². The molecule has 0 saturated carbocycles. The molecule has 5 heteroatoms. The van der Waals surface area contributed by atoms with Gasteiger partial charge in [-0.1, -0.05) is 6.07 Å². The molecule has 0 aliphatic heterocycles. The molecule has 0 aliphatic carbocycles. The Morgan fingerprint density at radius 1 is 1.44 bits per heavy atom. The minimum absolute atomic E-state index is 0.0166. The summed E-state index contributed by atoms with van der Waals surface area (Å²) < 4.78 is 27.9. The summed E-state index contributed by atoms with van der Waals surface area (Å²) in [6.45, 7) is 7.40. The molecule has 0 heterocycles. The Balaban J connectivity index is 2.86.